The van der Waals surface area contributed by atoms with Crippen LogP contribution in [0.2, 0.25) is 0 Å². The van der Waals surface area contributed by atoms with Crippen LogP contribution in [0, 0.1) is 0 Å². The highest BCUT2D eigenvalue weighted by Crippen LogP contribution is 2.26. The number of anilines is 3. The smallest absolute Gasteiger partial charge is 0.299 e. The minimum atomic E-state index is 0.475. The summed E-state index contributed by atoms with van der Waals surface area (Å²) >= 11 is 1.63. The Bertz CT molecular complexity index is 629. The molecule has 5 heteroatoms. The van der Waals surface area contributed by atoms with Gasteiger partial charge in [0.05, 0.1) is 4.88 Å². The van der Waals surface area contributed by atoms with Gasteiger partial charge >= 0.3 is 0 Å². The predicted octanol–water partition coefficient (Wildman–Crippen LogP) is 3.73. The molecule has 0 aliphatic heterocycles. The van der Waals surface area contributed by atoms with Crippen LogP contribution in [-0.4, -0.2) is 4.98 Å². The molecule has 2 heterocycles. The second-order valence-corrected chi connectivity index (χ2v) is 4.71. The summed E-state index contributed by atoms with van der Waals surface area (Å²) < 4.78 is 5.38. The lowest BCUT2D eigenvalue weighted by molar-refractivity contribution is 0.578. The van der Waals surface area contributed by atoms with Crippen molar-refractivity contribution in [2.75, 3.05) is 11.1 Å². The molecule has 0 unspecified atom stereocenters. The van der Waals surface area contributed by atoms with Gasteiger partial charge in [-0.15, -0.1) is 11.3 Å². The minimum absolute atomic E-state index is 0.475. The fourth-order valence-electron chi connectivity index (χ4n) is 1.56. The Labute approximate surface area is 108 Å². The number of benzene rings is 1. The molecular weight excluding hydrogens is 246 g/mol. The lowest BCUT2D eigenvalue weighted by atomic mass is 10.3. The van der Waals surface area contributed by atoms with Crippen molar-refractivity contribution in [2.24, 2.45) is 0 Å². The van der Waals surface area contributed by atoms with Crippen molar-refractivity contribution in [3.63, 3.8) is 0 Å². The van der Waals surface area contributed by atoms with Crippen LogP contribution in [0.25, 0.3) is 10.6 Å². The summed E-state index contributed by atoms with van der Waals surface area (Å²) in [6.45, 7) is 0. The summed E-state index contributed by atoms with van der Waals surface area (Å²) in [5, 5.41) is 5.10. The summed E-state index contributed by atoms with van der Waals surface area (Å²) in [5.74, 6) is 0. The monoisotopic (exact) mass is 257 g/mol. The van der Waals surface area contributed by atoms with Crippen molar-refractivity contribution < 1.29 is 4.42 Å². The molecule has 0 aliphatic carbocycles. The minimum Gasteiger partial charge on any atom is -0.431 e. The Balaban J connectivity index is 1.80. The number of oxazole rings is 1. The average Bonchev–Trinajstić information content (AvgIpc) is 3.02. The Hall–Kier alpha value is -2.27. The third kappa shape index (κ3) is 2.21. The van der Waals surface area contributed by atoms with Crippen LogP contribution >= 0.6 is 11.3 Å². The number of nitrogen functional groups attached to an aromatic ring is 1. The molecule has 0 saturated carbocycles. The third-order valence-corrected chi connectivity index (χ3v) is 3.33. The number of nitrogens with zero attached hydrogens (tertiary/aromatic N) is 1. The number of rotatable bonds is 3. The predicted molar refractivity (Wildman–Crippen MR) is 74.0 cm³/mol. The zero-order valence-electron chi connectivity index (χ0n) is 9.46. The quantitative estimate of drug-likeness (QED) is 0.702. The number of hydrogen-bond donors (Lipinski definition) is 2. The SMILES string of the molecule is Nc1ccc(Nc2nc(-c3cccs3)co2)cc1. The lowest BCUT2D eigenvalue weighted by Crippen LogP contribution is -1.91. The van der Waals surface area contributed by atoms with Gasteiger partial charge in [-0.25, -0.2) is 0 Å². The molecule has 18 heavy (non-hydrogen) atoms. The van der Waals surface area contributed by atoms with Crippen LogP contribution in [0.3, 0.4) is 0 Å². The Morgan fingerprint density at radius 2 is 2.00 bits per heavy atom. The van der Waals surface area contributed by atoms with Gasteiger partial charge in [0.15, 0.2) is 0 Å². The van der Waals surface area contributed by atoms with Crippen LogP contribution in [0.15, 0.2) is 52.5 Å². The van der Waals surface area contributed by atoms with Gasteiger partial charge in [-0.3, -0.25) is 0 Å². The summed E-state index contributed by atoms with van der Waals surface area (Å²) in [7, 11) is 0. The maximum Gasteiger partial charge on any atom is 0.299 e. The van der Waals surface area contributed by atoms with E-state index in [0.29, 0.717) is 6.01 Å². The maximum absolute atomic E-state index is 5.62. The molecule has 0 spiro atoms. The first kappa shape index (κ1) is 10.9. The number of thiophene rings is 1. The van der Waals surface area contributed by atoms with Crippen molar-refractivity contribution in [1.82, 2.24) is 4.98 Å². The van der Waals surface area contributed by atoms with E-state index in [2.05, 4.69) is 10.3 Å². The van der Waals surface area contributed by atoms with E-state index in [4.69, 9.17) is 10.2 Å². The molecule has 0 atom stereocenters. The van der Waals surface area contributed by atoms with Gasteiger partial charge in [0.1, 0.15) is 12.0 Å². The standard InChI is InChI=1S/C13H11N3OS/c14-9-3-5-10(6-4-9)15-13-16-11(8-17-13)12-2-1-7-18-12/h1-8H,14H2,(H,15,16). The van der Waals surface area contributed by atoms with E-state index in [-0.39, 0.29) is 0 Å². The maximum atomic E-state index is 5.62. The van der Waals surface area contributed by atoms with Crippen LogP contribution in [-0.2, 0) is 0 Å². The molecular formula is C13H11N3OS. The van der Waals surface area contributed by atoms with Gasteiger partial charge in [0.25, 0.3) is 6.01 Å². The molecule has 3 rings (SSSR count). The number of nitrogens with two attached hydrogens (primary N) is 1. The topological polar surface area (TPSA) is 64.1 Å². The van der Waals surface area contributed by atoms with Gasteiger partial charge in [-0.1, -0.05) is 6.07 Å². The highest BCUT2D eigenvalue weighted by Gasteiger charge is 2.06. The molecule has 90 valence electrons. The molecule has 1 aromatic carbocycles. The van der Waals surface area contributed by atoms with Crippen molar-refractivity contribution in [2.45, 2.75) is 0 Å². The summed E-state index contributed by atoms with van der Waals surface area (Å²) in [4.78, 5) is 5.46. The molecule has 0 aliphatic rings. The van der Waals surface area contributed by atoms with E-state index in [9.17, 15) is 0 Å². The van der Waals surface area contributed by atoms with E-state index >= 15 is 0 Å². The Kier molecular flexibility index (Phi) is 2.74. The molecule has 0 fully saturated rings. The zero-order chi connectivity index (χ0) is 12.4. The van der Waals surface area contributed by atoms with E-state index in [1.54, 1.807) is 17.6 Å². The normalized spacial score (nSPS) is 10.4. The fourth-order valence-corrected chi connectivity index (χ4v) is 2.23. The van der Waals surface area contributed by atoms with E-state index in [1.165, 1.54) is 0 Å². The van der Waals surface area contributed by atoms with E-state index in [1.807, 2.05) is 41.8 Å². The molecule has 3 aromatic rings. The molecule has 0 saturated heterocycles. The first-order valence-corrected chi connectivity index (χ1v) is 6.31. The first-order chi connectivity index (χ1) is 8.81. The van der Waals surface area contributed by atoms with Gasteiger partial charge < -0.3 is 15.5 Å². The van der Waals surface area contributed by atoms with Gasteiger partial charge in [-0.2, -0.15) is 4.98 Å². The molecule has 2 aromatic heterocycles. The largest absolute Gasteiger partial charge is 0.431 e. The first-order valence-electron chi connectivity index (χ1n) is 5.43. The fraction of sp³-hybridized carbons (Fsp3) is 0. The van der Waals surface area contributed by atoms with Crippen LogP contribution in [0.4, 0.5) is 17.4 Å². The van der Waals surface area contributed by atoms with Crippen molar-refractivity contribution in [3.8, 4) is 10.6 Å². The van der Waals surface area contributed by atoms with Crippen LogP contribution in [0.1, 0.15) is 0 Å². The average molecular weight is 257 g/mol. The third-order valence-electron chi connectivity index (χ3n) is 2.44. The number of hydrogen-bond acceptors (Lipinski definition) is 5. The zero-order valence-corrected chi connectivity index (χ0v) is 10.3. The Morgan fingerprint density at radius 3 is 2.72 bits per heavy atom. The lowest BCUT2D eigenvalue weighted by Gasteiger charge is -2.00. The second-order valence-electron chi connectivity index (χ2n) is 3.76. The molecule has 4 nitrogen and oxygen atoms in total. The Morgan fingerprint density at radius 1 is 1.17 bits per heavy atom. The van der Waals surface area contributed by atoms with E-state index in [0.717, 1.165) is 21.9 Å². The number of aromatic nitrogens is 1. The van der Waals surface area contributed by atoms with Crippen LogP contribution < -0.4 is 11.1 Å². The molecule has 0 amide bonds. The van der Waals surface area contributed by atoms with Crippen molar-refractivity contribution in [1.29, 1.82) is 0 Å². The molecule has 0 radical (unpaired) electrons. The van der Waals surface area contributed by atoms with Crippen LogP contribution in [0.5, 0.6) is 0 Å². The van der Waals surface area contributed by atoms with Crippen molar-refractivity contribution in [3.05, 3.63) is 48.0 Å². The second kappa shape index (κ2) is 4.54. The highest BCUT2D eigenvalue weighted by atomic mass is 32.1. The van der Waals surface area contributed by atoms with E-state index < -0.39 is 0 Å². The molecule has 3 N–H and O–H groups in total. The number of nitrogens with one attached hydrogen (secondary N) is 1. The summed E-state index contributed by atoms with van der Waals surface area (Å²) in [6, 6.07) is 11.9. The van der Waals surface area contributed by atoms with Gasteiger partial charge in [-0.05, 0) is 35.7 Å². The van der Waals surface area contributed by atoms with Gasteiger partial charge in [0, 0.05) is 11.4 Å². The summed E-state index contributed by atoms with van der Waals surface area (Å²) in [5.41, 5.74) is 8.08. The summed E-state index contributed by atoms with van der Waals surface area (Å²) in [6.07, 6.45) is 1.64. The highest BCUT2D eigenvalue weighted by molar-refractivity contribution is 7.13. The molecule has 0 bridgehead atoms. The van der Waals surface area contributed by atoms with Gasteiger partial charge in [0.2, 0.25) is 0 Å². The van der Waals surface area contributed by atoms with Crippen molar-refractivity contribution >= 4 is 28.7 Å².